The number of hydrogen-bond acceptors (Lipinski definition) is 3. The minimum Gasteiger partial charge on any atom is -0.482 e. The molecule has 2 fully saturated rings. The Bertz CT molecular complexity index is 530. The van der Waals surface area contributed by atoms with Crippen LogP contribution in [0.4, 0.5) is 4.39 Å². The lowest BCUT2D eigenvalue weighted by Gasteiger charge is -2.54. The molecule has 1 aliphatic carbocycles. The van der Waals surface area contributed by atoms with Crippen molar-refractivity contribution in [2.75, 3.05) is 13.7 Å². The standard InChI is InChI=1S/C16H20FNO2/c1-15-8-7-12(9-11-3-5-13(17)6-4-11)16(15,20-10-15)14(18)19-2/h3-6,12,18H,7-10H2,1-2H3/t12-,15+,16-/m1/s1. The second-order valence-electron chi connectivity index (χ2n) is 6.18. The molecule has 4 heteroatoms. The molecule has 108 valence electrons. The number of hydrogen-bond donors (Lipinski definition) is 1. The predicted octanol–water partition coefficient (Wildman–Crippen LogP) is 3.18. The molecule has 1 saturated carbocycles. The SMILES string of the molecule is COC(=N)[C@@]12OC[C@]1(C)CC[C@@H]2Cc1ccc(F)cc1. The van der Waals surface area contributed by atoms with Crippen LogP contribution in [-0.2, 0) is 15.9 Å². The second-order valence-corrected chi connectivity index (χ2v) is 6.18. The fraction of sp³-hybridized carbons (Fsp3) is 0.562. The van der Waals surface area contributed by atoms with Crippen LogP contribution in [0.2, 0.25) is 0 Å². The van der Waals surface area contributed by atoms with Crippen LogP contribution in [0.5, 0.6) is 0 Å². The molecule has 0 bridgehead atoms. The fourth-order valence-corrected chi connectivity index (χ4v) is 3.87. The van der Waals surface area contributed by atoms with E-state index in [1.807, 2.05) is 12.1 Å². The summed E-state index contributed by atoms with van der Waals surface area (Å²) < 4.78 is 24.1. The molecular weight excluding hydrogens is 257 g/mol. The maximum absolute atomic E-state index is 13.0. The van der Waals surface area contributed by atoms with Gasteiger partial charge in [0.25, 0.3) is 0 Å². The smallest absolute Gasteiger partial charge is 0.214 e. The number of rotatable bonds is 3. The van der Waals surface area contributed by atoms with Crippen LogP contribution in [0.15, 0.2) is 24.3 Å². The molecule has 1 heterocycles. The van der Waals surface area contributed by atoms with Gasteiger partial charge in [-0.15, -0.1) is 0 Å². The molecule has 0 amide bonds. The summed E-state index contributed by atoms with van der Waals surface area (Å²) in [4.78, 5) is 0. The van der Waals surface area contributed by atoms with Gasteiger partial charge in [0.15, 0.2) is 5.60 Å². The van der Waals surface area contributed by atoms with Crippen molar-refractivity contribution in [2.45, 2.75) is 31.8 Å². The Kier molecular flexibility index (Phi) is 3.09. The molecule has 20 heavy (non-hydrogen) atoms. The van der Waals surface area contributed by atoms with Gasteiger partial charge in [-0.1, -0.05) is 19.1 Å². The normalized spacial score (nSPS) is 35.2. The van der Waals surface area contributed by atoms with E-state index >= 15 is 0 Å². The van der Waals surface area contributed by atoms with Crippen molar-refractivity contribution in [3.8, 4) is 0 Å². The molecule has 0 radical (unpaired) electrons. The molecule has 0 aromatic heterocycles. The third-order valence-corrected chi connectivity index (χ3v) is 5.07. The summed E-state index contributed by atoms with van der Waals surface area (Å²) in [6.45, 7) is 2.87. The van der Waals surface area contributed by atoms with Gasteiger partial charge in [-0.25, -0.2) is 4.39 Å². The molecule has 1 aromatic carbocycles. The molecule has 3 nitrogen and oxygen atoms in total. The lowest BCUT2D eigenvalue weighted by atomic mass is 9.67. The van der Waals surface area contributed by atoms with Crippen LogP contribution in [0, 0.1) is 22.6 Å². The Balaban J connectivity index is 1.86. The van der Waals surface area contributed by atoms with E-state index in [0.29, 0.717) is 6.61 Å². The molecule has 1 aliphatic heterocycles. The lowest BCUT2D eigenvalue weighted by molar-refractivity contribution is -0.224. The van der Waals surface area contributed by atoms with Gasteiger partial charge in [0.05, 0.1) is 13.7 Å². The van der Waals surface area contributed by atoms with E-state index < -0.39 is 5.60 Å². The largest absolute Gasteiger partial charge is 0.482 e. The van der Waals surface area contributed by atoms with Crippen molar-refractivity contribution < 1.29 is 13.9 Å². The summed E-state index contributed by atoms with van der Waals surface area (Å²) in [6, 6.07) is 6.60. The van der Waals surface area contributed by atoms with Crippen molar-refractivity contribution >= 4 is 5.90 Å². The summed E-state index contributed by atoms with van der Waals surface area (Å²) in [5.74, 6) is 0.235. The molecule has 1 aromatic rings. The third-order valence-electron chi connectivity index (χ3n) is 5.07. The number of benzene rings is 1. The number of fused-ring (bicyclic) bond motifs is 1. The van der Waals surface area contributed by atoms with Crippen LogP contribution >= 0.6 is 0 Å². The molecule has 3 rings (SSSR count). The Hall–Kier alpha value is -1.42. The van der Waals surface area contributed by atoms with Crippen LogP contribution in [-0.4, -0.2) is 25.2 Å². The number of ether oxygens (including phenoxy) is 2. The van der Waals surface area contributed by atoms with E-state index in [4.69, 9.17) is 14.9 Å². The molecule has 1 N–H and O–H groups in total. The Morgan fingerprint density at radius 3 is 2.70 bits per heavy atom. The summed E-state index contributed by atoms with van der Waals surface area (Å²) in [6.07, 6.45) is 2.85. The Labute approximate surface area is 118 Å². The molecule has 0 unspecified atom stereocenters. The summed E-state index contributed by atoms with van der Waals surface area (Å²) >= 11 is 0. The van der Waals surface area contributed by atoms with Gasteiger partial charge in [0.1, 0.15) is 5.82 Å². The highest BCUT2D eigenvalue weighted by atomic mass is 19.1. The van der Waals surface area contributed by atoms with Crippen molar-refractivity contribution in [2.24, 2.45) is 11.3 Å². The van der Waals surface area contributed by atoms with Crippen LogP contribution in [0.25, 0.3) is 0 Å². The van der Waals surface area contributed by atoms with Gasteiger partial charge < -0.3 is 9.47 Å². The molecule has 0 spiro atoms. The average molecular weight is 277 g/mol. The quantitative estimate of drug-likeness (QED) is 0.681. The summed E-state index contributed by atoms with van der Waals surface area (Å²) in [7, 11) is 1.53. The topological polar surface area (TPSA) is 42.3 Å². The highest BCUT2D eigenvalue weighted by Gasteiger charge is 2.68. The molecule has 2 aliphatic rings. The zero-order chi connectivity index (χ0) is 14.4. The van der Waals surface area contributed by atoms with Crippen molar-refractivity contribution in [1.29, 1.82) is 5.41 Å². The van der Waals surface area contributed by atoms with Gasteiger partial charge in [0, 0.05) is 11.3 Å². The first-order valence-corrected chi connectivity index (χ1v) is 7.03. The first kappa shape index (κ1) is 13.6. The van der Waals surface area contributed by atoms with Gasteiger partial charge >= 0.3 is 0 Å². The fourth-order valence-electron chi connectivity index (χ4n) is 3.87. The van der Waals surface area contributed by atoms with Crippen molar-refractivity contribution in [3.05, 3.63) is 35.6 Å². The van der Waals surface area contributed by atoms with Gasteiger partial charge in [0.2, 0.25) is 5.90 Å². The van der Waals surface area contributed by atoms with Crippen LogP contribution < -0.4 is 0 Å². The number of halogens is 1. The van der Waals surface area contributed by atoms with Gasteiger partial charge in [-0.05, 0) is 37.0 Å². The van der Waals surface area contributed by atoms with Crippen molar-refractivity contribution in [1.82, 2.24) is 0 Å². The summed E-state index contributed by atoms with van der Waals surface area (Å²) in [5, 5.41) is 8.16. The first-order valence-electron chi connectivity index (χ1n) is 7.03. The van der Waals surface area contributed by atoms with E-state index in [2.05, 4.69) is 6.92 Å². The highest BCUT2D eigenvalue weighted by Crippen LogP contribution is 2.60. The van der Waals surface area contributed by atoms with E-state index in [0.717, 1.165) is 24.8 Å². The van der Waals surface area contributed by atoms with Gasteiger partial charge in [-0.3, -0.25) is 5.41 Å². The second kappa shape index (κ2) is 4.55. The molecular formula is C16H20FNO2. The number of nitrogens with one attached hydrogen (secondary N) is 1. The highest BCUT2D eigenvalue weighted by molar-refractivity contribution is 5.85. The van der Waals surface area contributed by atoms with E-state index in [-0.39, 0.29) is 23.0 Å². The van der Waals surface area contributed by atoms with Crippen LogP contribution in [0.1, 0.15) is 25.3 Å². The zero-order valence-electron chi connectivity index (χ0n) is 11.9. The van der Waals surface area contributed by atoms with Gasteiger partial charge in [-0.2, -0.15) is 0 Å². The minimum absolute atomic E-state index is 0.00475. The maximum atomic E-state index is 13.0. The predicted molar refractivity (Wildman–Crippen MR) is 74.4 cm³/mol. The first-order chi connectivity index (χ1) is 9.52. The monoisotopic (exact) mass is 277 g/mol. The summed E-state index contributed by atoms with van der Waals surface area (Å²) in [5.41, 5.74) is 0.500. The molecule has 1 saturated heterocycles. The molecule has 3 atom stereocenters. The zero-order valence-corrected chi connectivity index (χ0v) is 11.9. The van der Waals surface area contributed by atoms with Crippen LogP contribution in [0.3, 0.4) is 0 Å². The maximum Gasteiger partial charge on any atom is 0.214 e. The van der Waals surface area contributed by atoms with E-state index in [1.54, 1.807) is 0 Å². The Morgan fingerprint density at radius 1 is 1.45 bits per heavy atom. The van der Waals surface area contributed by atoms with E-state index in [1.165, 1.54) is 19.2 Å². The van der Waals surface area contributed by atoms with Crippen molar-refractivity contribution in [3.63, 3.8) is 0 Å². The average Bonchev–Trinajstić information content (AvgIpc) is 2.62. The number of methoxy groups -OCH3 is 1. The Morgan fingerprint density at radius 2 is 2.15 bits per heavy atom. The third kappa shape index (κ3) is 1.71. The van der Waals surface area contributed by atoms with E-state index in [9.17, 15) is 4.39 Å². The minimum atomic E-state index is -0.587. The lowest BCUT2D eigenvalue weighted by Crippen LogP contribution is -2.66.